The van der Waals surface area contributed by atoms with E-state index in [-0.39, 0.29) is 5.91 Å². The largest absolute Gasteiger partial charge is 0.353 e. The van der Waals surface area contributed by atoms with Crippen molar-refractivity contribution in [2.24, 2.45) is 5.41 Å². The van der Waals surface area contributed by atoms with Gasteiger partial charge in [0.25, 0.3) is 0 Å². The number of nitrogens with zero attached hydrogens (tertiary/aromatic N) is 2. The van der Waals surface area contributed by atoms with Crippen LogP contribution in [0.25, 0.3) is 0 Å². The number of amides is 1. The molecule has 4 heteroatoms. The lowest BCUT2D eigenvalue weighted by Gasteiger charge is -2.22. The number of carbonyl (C=O) groups excluding carboxylic acids is 1. The van der Waals surface area contributed by atoms with E-state index >= 15 is 0 Å². The minimum Gasteiger partial charge on any atom is -0.353 e. The Kier molecular flexibility index (Phi) is 5.31. The number of nitrogens with one attached hydrogen (secondary N) is 1. The monoisotopic (exact) mass is 211 g/mol. The minimum atomic E-state index is -0.934. The van der Waals surface area contributed by atoms with Crippen LogP contribution in [0.3, 0.4) is 0 Å². The summed E-state index contributed by atoms with van der Waals surface area (Å²) in [5, 5.41) is 11.5. The molecule has 1 amide bonds. The van der Waals surface area contributed by atoms with Crippen molar-refractivity contribution < 1.29 is 4.79 Å². The van der Waals surface area contributed by atoms with Gasteiger partial charge in [-0.1, -0.05) is 0 Å². The number of hydrogen-bond donors (Lipinski definition) is 1. The molecule has 0 heterocycles. The molecule has 0 spiro atoms. The maximum atomic E-state index is 11.5. The molecular weight excluding hydrogens is 190 g/mol. The Labute approximate surface area is 92.3 Å². The molecule has 0 aromatic rings. The summed E-state index contributed by atoms with van der Waals surface area (Å²) in [6.07, 6.45) is 0. The van der Waals surface area contributed by atoms with E-state index in [2.05, 4.69) is 24.1 Å². The normalized spacial score (nSPS) is 11.6. The molecule has 0 unspecified atom stereocenters. The quantitative estimate of drug-likeness (QED) is 0.738. The van der Waals surface area contributed by atoms with Crippen molar-refractivity contribution in [2.45, 2.75) is 33.7 Å². The summed E-state index contributed by atoms with van der Waals surface area (Å²) < 4.78 is 0. The Morgan fingerprint density at radius 3 is 2.47 bits per heavy atom. The highest BCUT2D eigenvalue weighted by molar-refractivity contribution is 5.84. The van der Waals surface area contributed by atoms with Crippen LogP contribution in [0.1, 0.15) is 27.7 Å². The van der Waals surface area contributed by atoms with Gasteiger partial charge in [0.2, 0.25) is 5.91 Å². The van der Waals surface area contributed by atoms with E-state index in [4.69, 9.17) is 5.26 Å². The second-order valence-corrected chi connectivity index (χ2v) is 4.57. The molecule has 0 aliphatic heterocycles. The first kappa shape index (κ1) is 13.9. The van der Waals surface area contributed by atoms with E-state index in [9.17, 15) is 4.79 Å². The fourth-order valence-electron chi connectivity index (χ4n) is 0.876. The first-order valence-corrected chi connectivity index (χ1v) is 5.21. The van der Waals surface area contributed by atoms with Gasteiger partial charge in [-0.3, -0.25) is 4.79 Å². The van der Waals surface area contributed by atoms with Gasteiger partial charge in [-0.25, -0.2) is 0 Å². The van der Waals surface area contributed by atoms with E-state index < -0.39 is 5.41 Å². The van der Waals surface area contributed by atoms with Gasteiger partial charge in [0.1, 0.15) is 5.41 Å². The van der Waals surface area contributed by atoms with Gasteiger partial charge in [0.05, 0.1) is 6.07 Å². The van der Waals surface area contributed by atoms with Crippen molar-refractivity contribution in [1.29, 1.82) is 5.26 Å². The second-order valence-electron chi connectivity index (χ2n) is 4.57. The summed E-state index contributed by atoms with van der Waals surface area (Å²) in [6, 6.07) is 2.44. The van der Waals surface area contributed by atoms with E-state index in [1.807, 2.05) is 13.1 Å². The molecule has 0 fully saturated rings. The van der Waals surface area contributed by atoms with Gasteiger partial charge in [-0.05, 0) is 34.7 Å². The lowest BCUT2D eigenvalue weighted by molar-refractivity contribution is -0.126. The van der Waals surface area contributed by atoms with Crippen LogP contribution in [-0.2, 0) is 4.79 Å². The zero-order valence-electron chi connectivity index (χ0n) is 10.3. The minimum absolute atomic E-state index is 0.206. The van der Waals surface area contributed by atoms with Crippen LogP contribution in [0.15, 0.2) is 0 Å². The molecule has 15 heavy (non-hydrogen) atoms. The predicted octanol–water partition coefficient (Wildman–Crippen LogP) is 0.993. The first-order valence-electron chi connectivity index (χ1n) is 5.21. The zero-order chi connectivity index (χ0) is 12.1. The van der Waals surface area contributed by atoms with Crippen molar-refractivity contribution in [3.63, 3.8) is 0 Å². The number of nitriles is 1. The third-order valence-electron chi connectivity index (χ3n) is 2.48. The van der Waals surface area contributed by atoms with E-state index in [0.717, 1.165) is 6.54 Å². The van der Waals surface area contributed by atoms with Crippen LogP contribution >= 0.6 is 0 Å². The molecule has 0 aromatic carbocycles. The molecule has 0 saturated heterocycles. The Morgan fingerprint density at radius 1 is 1.53 bits per heavy atom. The number of likely N-dealkylation sites (N-methyl/N-ethyl adjacent to an activating group) is 1. The molecular formula is C11H21N3O. The molecule has 0 aliphatic rings. The smallest absolute Gasteiger partial charge is 0.239 e. The Balaban J connectivity index is 3.90. The summed E-state index contributed by atoms with van der Waals surface area (Å²) in [5.41, 5.74) is -0.934. The molecule has 86 valence electrons. The lowest BCUT2D eigenvalue weighted by atomic mass is 9.95. The fourth-order valence-corrected chi connectivity index (χ4v) is 0.876. The average Bonchev–Trinajstić information content (AvgIpc) is 2.17. The summed E-state index contributed by atoms with van der Waals surface area (Å²) in [7, 11) is 2.01. The molecule has 0 bridgehead atoms. The van der Waals surface area contributed by atoms with Crippen LogP contribution in [0.4, 0.5) is 0 Å². The van der Waals surface area contributed by atoms with Gasteiger partial charge in [-0.2, -0.15) is 5.26 Å². The molecule has 0 aliphatic carbocycles. The van der Waals surface area contributed by atoms with Gasteiger partial charge in [0, 0.05) is 19.1 Å². The zero-order valence-corrected chi connectivity index (χ0v) is 10.3. The Hall–Kier alpha value is -1.08. The molecule has 4 nitrogen and oxygen atoms in total. The van der Waals surface area contributed by atoms with E-state index in [0.29, 0.717) is 12.6 Å². The van der Waals surface area contributed by atoms with Crippen molar-refractivity contribution in [2.75, 3.05) is 20.1 Å². The second kappa shape index (κ2) is 5.72. The van der Waals surface area contributed by atoms with Crippen LogP contribution in [0.2, 0.25) is 0 Å². The van der Waals surface area contributed by atoms with Gasteiger partial charge < -0.3 is 10.2 Å². The Morgan fingerprint density at radius 2 is 2.07 bits per heavy atom. The standard InChI is InChI=1S/C11H21N3O/c1-9(2)14(5)7-6-13-10(15)11(3,4)8-12/h9H,6-7H2,1-5H3,(H,13,15). The molecule has 0 rings (SSSR count). The number of hydrogen-bond acceptors (Lipinski definition) is 3. The van der Waals surface area contributed by atoms with Crippen LogP contribution in [0.5, 0.6) is 0 Å². The first-order chi connectivity index (χ1) is 6.81. The molecule has 0 aromatic heterocycles. The van der Waals surface area contributed by atoms with Crippen LogP contribution in [-0.4, -0.2) is 37.0 Å². The maximum absolute atomic E-state index is 11.5. The highest BCUT2D eigenvalue weighted by atomic mass is 16.2. The van der Waals surface area contributed by atoms with E-state index in [1.54, 1.807) is 13.8 Å². The third-order valence-corrected chi connectivity index (χ3v) is 2.48. The van der Waals surface area contributed by atoms with Crippen molar-refractivity contribution in [3.05, 3.63) is 0 Å². The predicted molar refractivity (Wildman–Crippen MR) is 60.2 cm³/mol. The van der Waals surface area contributed by atoms with Crippen LogP contribution < -0.4 is 5.32 Å². The summed E-state index contributed by atoms with van der Waals surface area (Å²) in [4.78, 5) is 13.6. The Bertz CT molecular complexity index is 253. The molecule has 1 N–H and O–H groups in total. The summed E-state index contributed by atoms with van der Waals surface area (Å²) in [6.45, 7) is 8.81. The van der Waals surface area contributed by atoms with Gasteiger partial charge in [-0.15, -0.1) is 0 Å². The summed E-state index contributed by atoms with van der Waals surface area (Å²) >= 11 is 0. The molecule has 0 atom stereocenters. The topological polar surface area (TPSA) is 56.1 Å². The third kappa shape index (κ3) is 4.80. The maximum Gasteiger partial charge on any atom is 0.239 e. The SMILES string of the molecule is CC(C)N(C)CCNC(=O)C(C)(C)C#N. The number of rotatable bonds is 5. The highest BCUT2D eigenvalue weighted by Gasteiger charge is 2.26. The summed E-state index contributed by atoms with van der Waals surface area (Å²) in [5.74, 6) is -0.206. The van der Waals surface area contributed by atoms with Crippen LogP contribution in [0, 0.1) is 16.7 Å². The molecule has 0 saturated carbocycles. The highest BCUT2D eigenvalue weighted by Crippen LogP contribution is 2.12. The van der Waals surface area contributed by atoms with Gasteiger partial charge >= 0.3 is 0 Å². The van der Waals surface area contributed by atoms with E-state index in [1.165, 1.54) is 0 Å². The van der Waals surface area contributed by atoms with Crippen molar-refractivity contribution >= 4 is 5.91 Å². The van der Waals surface area contributed by atoms with Crippen molar-refractivity contribution in [1.82, 2.24) is 10.2 Å². The fraction of sp³-hybridized carbons (Fsp3) is 0.818. The number of carbonyl (C=O) groups is 1. The molecule has 0 radical (unpaired) electrons. The lowest BCUT2D eigenvalue weighted by Crippen LogP contribution is -2.41. The average molecular weight is 211 g/mol. The van der Waals surface area contributed by atoms with Gasteiger partial charge in [0.15, 0.2) is 0 Å². The van der Waals surface area contributed by atoms with Crippen molar-refractivity contribution in [3.8, 4) is 6.07 Å².